The first kappa shape index (κ1) is 13.6. The molecule has 1 aromatic rings. The first-order valence-electron chi connectivity index (χ1n) is 6.36. The Hall–Kier alpha value is -0.850. The van der Waals surface area contributed by atoms with Crippen LogP contribution in [0.15, 0.2) is 22.8 Å². The van der Waals surface area contributed by atoms with E-state index in [2.05, 4.69) is 10.0 Å². The van der Waals surface area contributed by atoms with Crippen molar-refractivity contribution >= 4 is 10.0 Å². The molecule has 1 aliphatic heterocycles. The monoisotopic (exact) mass is 272 g/mol. The van der Waals surface area contributed by atoms with Gasteiger partial charge in [-0.1, -0.05) is 0 Å². The van der Waals surface area contributed by atoms with Gasteiger partial charge in [0.25, 0.3) is 0 Å². The SMILES string of the molecule is O=S(=O)(CC1CCCNC1)NCCc1ccco1. The fraction of sp³-hybridized carbons (Fsp3) is 0.667. The van der Waals surface area contributed by atoms with Crippen LogP contribution in [0.4, 0.5) is 0 Å². The predicted molar refractivity (Wildman–Crippen MR) is 69.8 cm³/mol. The first-order valence-corrected chi connectivity index (χ1v) is 8.01. The van der Waals surface area contributed by atoms with E-state index < -0.39 is 10.0 Å². The average Bonchev–Trinajstić information content (AvgIpc) is 2.82. The van der Waals surface area contributed by atoms with Crippen LogP contribution in [-0.4, -0.2) is 33.8 Å². The largest absolute Gasteiger partial charge is 0.469 e. The molecule has 2 N–H and O–H groups in total. The fourth-order valence-corrected chi connectivity index (χ4v) is 3.66. The molecule has 6 heteroatoms. The molecule has 1 fully saturated rings. The van der Waals surface area contributed by atoms with Gasteiger partial charge < -0.3 is 9.73 Å². The minimum Gasteiger partial charge on any atom is -0.469 e. The molecule has 18 heavy (non-hydrogen) atoms. The number of piperidine rings is 1. The molecular formula is C12H20N2O3S. The van der Waals surface area contributed by atoms with E-state index >= 15 is 0 Å². The Morgan fingerprint density at radius 2 is 2.39 bits per heavy atom. The van der Waals surface area contributed by atoms with Crippen molar-refractivity contribution in [2.75, 3.05) is 25.4 Å². The van der Waals surface area contributed by atoms with E-state index in [4.69, 9.17) is 4.42 Å². The highest BCUT2D eigenvalue weighted by Crippen LogP contribution is 2.11. The highest BCUT2D eigenvalue weighted by atomic mass is 32.2. The van der Waals surface area contributed by atoms with Gasteiger partial charge in [-0.25, -0.2) is 13.1 Å². The molecule has 0 spiro atoms. The van der Waals surface area contributed by atoms with Crippen LogP contribution in [0.1, 0.15) is 18.6 Å². The summed E-state index contributed by atoms with van der Waals surface area (Å²) in [5.74, 6) is 1.26. The fourth-order valence-electron chi connectivity index (χ4n) is 2.22. The van der Waals surface area contributed by atoms with Crippen molar-refractivity contribution in [2.45, 2.75) is 19.3 Å². The first-order chi connectivity index (χ1) is 8.66. The van der Waals surface area contributed by atoms with E-state index in [9.17, 15) is 8.42 Å². The summed E-state index contributed by atoms with van der Waals surface area (Å²) >= 11 is 0. The van der Waals surface area contributed by atoms with E-state index in [1.54, 1.807) is 12.3 Å². The van der Waals surface area contributed by atoms with Gasteiger partial charge >= 0.3 is 0 Å². The Kier molecular flexibility index (Phi) is 4.79. The molecule has 1 aliphatic rings. The van der Waals surface area contributed by atoms with E-state index in [0.29, 0.717) is 13.0 Å². The van der Waals surface area contributed by atoms with Gasteiger partial charge in [0.2, 0.25) is 10.0 Å². The van der Waals surface area contributed by atoms with Crippen LogP contribution >= 0.6 is 0 Å². The van der Waals surface area contributed by atoms with Crippen LogP contribution in [0.5, 0.6) is 0 Å². The van der Waals surface area contributed by atoms with Gasteiger partial charge in [0.1, 0.15) is 5.76 Å². The van der Waals surface area contributed by atoms with Crippen LogP contribution in [0.2, 0.25) is 0 Å². The molecule has 1 unspecified atom stereocenters. The van der Waals surface area contributed by atoms with Gasteiger partial charge in [-0.15, -0.1) is 0 Å². The van der Waals surface area contributed by atoms with Crippen molar-refractivity contribution in [3.05, 3.63) is 24.2 Å². The Morgan fingerprint density at radius 1 is 1.50 bits per heavy atom. The normalized spacial score (nSPS) is 21.0. The highest BCUT2D eigenvalue weighted by molar-refractivity contribution is 7.89. The summed E-state index contributed by atoms with van der Waals surface area (Å²) in [6, 6.07) is 3.65. The number of hydrogen-bond acceptors (Lipinski definition) is 4. The van der Waals surface area contributed by atoms with E-state index in [-0.39, 0.29) is 11.7 Å². The van der Waals surface area contributed by atoms with Crippen molar-refractivity contribution < 1.29 is 12.8 Å². The Balaban J connectivity index is 1.73. The molecule has 2 heterocycles. The highest BCUT2D eigenvalue weighted by Gasteiger charge is 2.20. The molecule has 1 atom stereocenters. The average molecular weight is 272 g/mol. The van der Waals surface area contributed by atoms with E-state index in [1.165, 1.54) is 0 Å². The molecule has 1 saturated heterocycles. The maximum absolute atomic E-state index is 11.9. The Labute approximate surface area is 108 Å². The Morgan fingerprint density at radius 3 is 3.06 bits per heavy atom. The molecule has 1 aromatic heterocycles. The lowest BCUT2D eigenvalue weighted by Crippen LogP contribution is -2.38. The van der Waals surface area contributed by atoms with Crippen molar-refractivity contribution in [2.24, 2.45) is 5.92 Å². The number of furan rings is 1. The number of sulfonamides is 1. The lowest BCUT2D eigenvalue weighted by Gasteiger charge is -2.22. The lowest BCUT2D eigenvalue weighted by atomic mass is 10.0. The van der Waals surface area contributed by atoms with Gasteiger partial charge in [-0.2, -0.15) is 0 Å². The van der Waals surface area contributed by atoms with Crippen molar-refractivity contribution in [1.82, 2.24) is 10.0 Å². The van der Waals surface area contributed by atoms with Crippen LogP contribution in [0.3, 0.4) is 0 Å². The van der Waals surface area contributed by atoms with Gasteiger partial charge in [-0.3, -0.25) is 0 Å². The van der Waals surface area contributed by atoms with Crippen LogP contribution in [0.25, 0.3) is 0 Å². The second-order valence-electron chi connectivity index (χ2n) is 4.72. The molecule has 0 aliphatic carbocycles. The standard InChI is InChI=1S/C12H20N2O3S/c15-18(16,10-11-3-1-6-13-9-11)14-7-5-12-4-2-8-17-12/h2,4,8,11,13-14H,1,3,5-7,9-10H2. The third kappa shape index (κ3) is 4.44. The van der Waals surface area contributed by atoms with Crippen LogP contribution in [-0.2, 0) is 16.4 Å². The second-order valence-corrected chi connectivity index (χ2v) is 6.57. The molecule has 2 rings (SSSR count). The molecule has 0 bridgehead atoms. The quantitative estimate of drug-likeness (QED) is 0.801. The van der Waals surface area contributed by atoms with Crippen LogP contribution in [0, 0.1) is 5.92 Å². The van der Waals surface area contributed by atoms with Crippen molar-refractivity contribution in [3.63, 3.8) is 0 Å². The minimum absolute atomic E-state index is 0.220. The number of rotatable bonds is 6. The topological polar surface area (TPSA) is 71.3 Å². The summed E-state index contributed by atoms with van der Waals surface area (Å²) in [6.07, 6.45) is 4.24. The summed E-state index contributed by atoms with van der Waals surface area (Å²) in [5, 5.41) is 3.23. The molecule has 102 valence electrons. The summed E-state index contributed by atoms with van der Waals surface area (Å²) in [5.41, 5.74) is 0. The molecule has 0 aromatic carbocycles. The van der Waals surface area contributed by atoms with Gasteiger partial charge in [0.15, 0.2) is 0 Å². The lowest BCUT2D eigenvalue weighted by molar-refractivity contribution is 0.402. The van der Waals surface area contributed by atoms with E-state index in [0.717, 1.165) is 31.7 Å². The maximum Gasteiger partial charge on any atom is 0.211 e. The molecule has 0 amide bonds. The summed E-state index contributed by atoms with van der Waals surface area (Å²) in [4.78, 5) is 0. The summed E-state index contributed by atoms with van der Waals surface area (Å²) < 4.78 is 31.5. The third-order valence-corrected chi connectivity index (χ3v) is 4.68. The zero-order valence-corrected chi connectivity index (χ0v) is 11.2. The van der Waals surface area contributed by atoms with Crippen LogP contribution < -0.4 is 10.0 Å². The molecule has 0 saturated carbocycles. The zero-order chi connectivity index (χ0) is 12.8. The van der Waals surface area contributed by atoms with Crippen molar-refractivity contribution in [3.8, 4) is 0 Å². The molecule has 0 radical (unpaired) electrons. The Bertz CT molecular complexity index is 436. The van der Waals surface area contributed by atoms with E-state index in [1.807, 2.05) is 6.07 Å². The summed E-state index contributed by atoms with van der Waals surface area (Å²) in [6.45, 7) is 2.21. The molecular weight excluding hydrogens is 252 g/mol. The number of nitrogens with one attached hydrogen (secondary N) is 2. The summed E-state index contributed by atoms with van der Waals surface area (Å²) in [7, 11) is -3.17. The number of hydrogen-bond donors (Lipinski definition) is 2. The third-order valence-electron chi connectivity index (χ3n) is 3.13. The van der Waals surface area contributed by atoms with Gasteiger partial charge in [-0.05, 0) is 44.0 Å². The van der Waals surface area contributed by atoms with Gasteiger partial charge in [0.05, 0.1) is 12.0 Å². The second kappa shape index (κ2) is 6.36. The maximum atomic E-state index is 11.9. The van der Waals surface area contributed by atoms with Crippen molar-refractivity contribution in [1.29, 1.82) is 0 Å². The minimum atomic E-state index is -3.17. The predicted octanol–water partition coefficient (Wildman–Crippen LogP) is 0.741. The molecule has 5 nitrogen and oxygen atoms in total. The smallest absolute Gasteiger partial charge is 0.211 e. The van der Waals surface area contributed by atoms with Gasteiger partial charge in [0, 0.05) is 13.0 Å². The zero-order valence-electron chi connectivity index (χ0n) is 10.4.